The Morgan fingerprint density at radius 1 is 0.966 bits per heavy atom. The number of hydrogen-bond acceptors (Lipinski definition) is 7. The molecule has 2 aliphatic rings. The molecular weight excluding hydrogens is 366 g/mol. The van der Waals surface area contributed by atoms with E-state index in [2.05, 4.69) is 33.8 Å². The van der Waals surface area contributed by atoms with Gasteiger partial charge >= 0.3 is 0 Å². The molecule has 156 valence electrons. The van der Waals surface area contributed by atoms with E-state index in [1.54, 1.807) is 14.2 Å². The molecule has 0 radical (unpaired) electrons. The van der Waals surface area contributed by atoms with Crippen LogP contribution in [0, 0.1) is 0 Å². The molecule has 7 heteroatoms. The zero-order chi connectivity index (χ0) is 20.2. The number of anilines is 1. The minimum atomic E-state index is 0.765. The van der Waals surface area contributed by atoms with E-state index >= 15 is 0 Å². The van der Waals surface area contributed by atoms with Crippen LogP contribution in [0.25, 0.3) is 0 Å². The van der Waals surface area contributed by atoms with Crippen LogP contribution in [0.15, 0.2) is 24.4 Å². The highest BCUT2D eigenvalue weighted by molar-refractivity contribution is 5.43. The molecule has 2 aliphatic heterocycles. The van der Waals surface area contributed by atoms with Crippen molar-refractivity contribution < 1.29 is 9.47 Å². The van der Waals surface area contributed by atoms with E-state index in [4.69, 9.17) is 19.4 Å². The largest absolute Gasteiger partial charge is 0.493 e. The van der Waals surface area contributed by atoms with Crippen molar-refractivity contribution in [3.8, 4) is 11.5 Å². The molecule has 4 rings (SSSR count). The maximum absolute atomic E-state index is 5.44. The quantitative estimate of drug-likeness (QED) is 0.741. The Kier molecular flexibility index (Phi) is 6.16. The predicted octanol–water partition coefficient (Wildman–Crippen LogP) is 2.19. The van der Waals surface area contributed by atoms with Gasteiger partial charge in [-0.2, -0.15) is 0 Å². The van der Waals surface area contributed by atoms with Gasteiger partial charge in [-0.05, 0) is 24.2 Å². The number of aromatic nitrogens is 2. The summed E-state index contributed by atoms with van der Waals surface area (Å²) in [6.07, 6.45) is 3.00. The molecule has 0 amide bonds. The van der Waals surface area contributed by atoms with Crippen molar-refractivity contribution >= 4 is 5.95 Å². The van der Waals surface area contributed by atoms with Crippen molar-refractivity contribution in [2.45, 2.75) is 26.4 Å². The second kappa shape index (κ2) is 8.97. The highest BCUT2D eigenvalue weighted by Gasteiger charge is 2.22. The fourth-order valence-electron chi connectivity index (χ4n) is 4.15. The van der Waals surface area contributed by atoms with Crippen molar-refractivity contribution in [3.63, 3.8) is 0 Å². The van der Waals surface area contributed by atoms with E-state index in [9.17, 15) is 0 Å². The first kappa shape index (κ1) is 19.9. The van der Waals surface area contributed by atoms with E-state index in [1.165, 1.54) is 16.8 Å². The first-order valence-electron chi connectivity index (χ1n) is 10.5. The number of ether oxygens (including phenoxy) is 2. The lowest BCUT2D eigenvalue weighted by molar-refractivity contribution is 0.242. The Labute approximate surface area is 173 Å². The van der Waals surface area contributed by atoms with E-state index in [1.807, 2.05) is 12.3 Å². The number of hydrogen-bond donors (Lipinski definition) is 0. The van der Waals surface area contributed by atoms with Gasteiger partial charge in [0.05, 0.1) is 19.9 Å². The maximum Gasteiger partial charge on any atom is 0.225 e. The van der Waals surface area contributed by atoms with Crippen molar-refractivity contribution in [2.75, 3.05) is 58.4 Å². The lowest BCUT2D eigenvalue weighted by Crippen LogP contribution is -2.47. The molecule has 0 aliphatic carbocycles. The average molecular weight is 398 g/mol. The van der Waals surface area contributed by atoms with E-state index in [0.717, 1.165) is 76.2 Å². The molecule has 0 saturated carbocycles. The van der Waals surface area contributed by atoms with Crippen LogP contribution in [0.1, 0.15) is 23.7 Å². The minimum Gasteiger partial charge on any atom is -0.493 e. The van der Waals surface area contributed by atoms with Gasteiger partial charge in [-0.1, -0.05) is 13.0 Å². The number of likely N-dealkylation sites (N-methyl/N-ethyl adjacent to an activating group) is 1. The van der Waals surface area contributed by atoms with Crippen LogP contribution >= 0.6 is 0 Å². The smallest absolute Gasteiger partial charge is 0.225 e. The molecule has 1 aromatic heterocycles. The van der Waals surface area contributed by atoms with Gasteiger partial charge in [0.15, 0.2) is 11.5 Å². The van der Waals surface area contributed by atoms with E-state index in [-0.39, 0.29) is 0 Å². The zero-order valence-electron chi connectivity index (χ0n) is 17.7. The average Bonchev–Trinajstić information content (AvgIpc) is 2.78. The van der Waals surface area contributed by atoms with Crippen LogP contribution < -0.4 is 14.4 Å². The molecular formula is C22H31N5O2. The zero-order valence-corrected chi connectivity index (χ0v) is 17.7. The third-order valence-electron chi connectivity index (χ3n) is 5.96. The summed E-state index contributed by atoms with van der Waals surface area (Å²) in [6, 6.07) is 6.13. The fraction of sp³-hybridized carbons (Fsp3) is 0.545. The second-order valence-electron chi connectivity index (χ2n) is 7.71. The summed E-state index contributed by atoms with van der Waals surface area (Å²) in [5.74, 6) is 2.44. The van der Waals surface area contributed by atoms with Crippen LogP contribution in [-0.4, -0.2) is 73.3 Å². The van der Waals surface area contributed by atoms with Gasteiger partial charge in [0.25, 0.3) is 0 Å². The molecule has 1 saturated heterocycles. The SMILES string of the molecule is CCN1CCN(c2ncc3c(n2)CCN(Cc2ccc(OC)c(OC)c2)C3)CC1. The standard InChI is InChI=1S/C22H31N5O2/c1-4-25-9-11-27(12-10-25)22-23-14-18-16-26(8-7-19(18)24-22)15-17-5-6-20(28-2)21(13-17)29-3/h5-6,13-14H,4,7-12,15-16H2,1-3H3. The van der Waals surface area contributed by atoms with Gasteiger partial charge in [-0.15, -0.1) is 0 Å². The molecule has 7 nitrogen and oxygen atoms in total. The predicted molar refractivity (Wildman–Crippen MR) is 114 cm³/mol. The molecule has 0 atom stereocenters. The molecule has 0 spiro atoms. The number of piperazine rings is 1. The van der Waals surface area contributed by atoms with Gasteiger partial charge in [0.1, 0.15) is 0 Å². The van der Waals surface area contributed by atoms with Crippen LogP contribution in [0.3, 0.4) is 0 Å². The third-order valence-corrected chi connectivity index (χ3v) is 5.96. The fourth-order valence-corrected chi connectivity index (χ4v) is 4.15. The Morgan fingerprint density at radius 2 is 1.76 bits per heavy atom. The summed E-state index contributed by atoms with van der Waals surface area (Å²) in [5, 5.41) is 0. The maximum atomic E-state index is 5.44. The lowest BCUT2D eigenvalue weighted by atomic mass is 10.1. The van der Waals surface area contributed by atoms with Crippen molar-refractivity contribution in [1.82, 2.24) is 19.8 Å². The Balaban J connectivity index is 1.40. The monoisotopic (exact) mass is 397 g/mol. The number of benzene rings is 1. The number of fused-ring (bicyclic) bond motifs is 1. The number of nitrogens with zero attached hydrogens (tertiary/aromatic N) is 5. The molecule has 0 unspecified atom stereocenters. The first-order valence-corrected chi connectivity index (χ1v) is 10.5. The second-order valence-corrected chi connectivity index (χ2v) is 7.71. The van der Waals surface area contributed by atoms with Crippen molar-refractivity contribution in [1.29, 1.82) is 0 Å². The Bertz CT molecular complexity index is 836. The highest BCUT2D eigenvalue weighted by atomic mass is 16.5. The van der Waals surface area contributed by atoms with Gasteiger partial charge < -0.3 is 19.3 Å². The highest BCUT2D eigenvalue weighted by Crippen LogP contribution is 2.29. The Hall–Kier alpha value is -2.38. The van der Waals surface area contributed by atoms with Gasteiger partial charge in [0, 0.05) is 64.0 Å². The first-order chi connectivity index (χ1) is 14.2. The number of methoxy groups -OCH3 is 2. The van der Waals surface area contributed by atoms with Crippen LogP contribution in [0.2, 0.25) is 0 Å². The van der Waals surface area contributed by atoms with Gasteiger partial charge in [-0.25, -0.2) is 9.97 Å². The van der Waals surface area contributed by atoms with Crippen LogP contribution in [-0.2, 0) is 19.5 Å². The van der Waals surface area contributed by atoms with Crippen LogP contribution in [0.4, 0.5) is 5.95 Å². The number of rotatable bonds is 6. The molecule has 3 heterocycles. The molecule has 1 fully saturated rings. The van der Waals surface area contributed by atoms with Gasteiger partial charge in [0.2, 0.25) is 5.95 Å². The summed E-state index contributed by atoms with van der Waals surface area (Å²) >= 11 is 0. The van der Waals surface area contributed by atoms with Crippen molar-refractivity contribution in [2.24, 2.45) is 0 Å². The Morgan fingerprint density at radius 3 is 2.48 bits per heavy atom. The summed E-state index contributed by atoms with van der Waals surface area (Å²) in [5.41, 5.74) is 3.67. The molecule has 29 heavy (non-hydrogen) atoms. The molecule has 0 N–H and O–H groups in total. The van der Waals surface area contributed by atoms with Crippen LogP contribution in [0.5, 0.6) is 11.5 Å². The topological polar surface area (TPSA) is 54.0 Å². The molecule has 2 aromatic rings. The van der Waals surface area contributed by atoms with E-state index < -0.39 is 0 Å². The minimum absolute atomic E-state index is 0.765. The van der Waals surface area contributed by atoms with Gasteiger partial charge in [-0.3, -0.25) is 4.90 Å². The third kappa shape index (κ3) is 4.46. The summed E-state index contributed by atoms with van der Waals surface area (Å²) < 4.78 is 10.8. The summed E-state index contributed by atoms with van der Waals surface area (Å²) in [7, 11) is 3.34. The molecule has 1 aromatic carbocycles. The van der Waals surface area contributed by atoms with Crippen molar-refractivity contribution in [3.05, 3.63) is 41.2 Å². The lowest BCUT2D eigenvalue weighted by Gasteiger charge is -2.35. The summed E-state index contributed by atoms with van der Waals surface area (Å²) in [4.78, 5) is 16.8. The normalized spacial score (nSPS) is 17.8. The summed E-state index contributed by atoms with van der Waals surface area (Å²) in [6.45, 7) is 10.3. The van der Waals surface area contributed by atoms with E-state index in [0.29, 0.717) is 0 Å². The molecule has 0 bridgehead atoms.